The largest absolute Gasteiger partial charge is 0.481 e. The number of rotatable bonds is 6. The average Bonchev–Trinajstić information content (AvgIpc) is 2.69. The van der Waals surface area contributed by atoms with Gasteiger partial charge in [0, 0.05) is 12.1 Å². The Labute approximate surface area is 158 Å². The van der Waals surface area contributed by atoms with Gasteiger partial charge in [-0.25, -0.2) is 4.39 Å². The van der Waals surface area contributed by atoms with Crippen molar-refractivity contribution in [2.24, 2.45) is 0 Å². The van der Waals surface area contributed by atoms with Crippen LogP contribution < -0.4 is 20.3 Å². The monoisotopic (exact) mass is 382 g/mol. The van der Waals surface area contributed by atoms with E-state index in [1.165, 1.54) is 25.6 Å². The second kappa shape index (κ2) is 8.08. The summed E-state index contributed by atoms with van der Waals surface area (Å²) in [6.07, 6.45) is 4.49. The molecule has 3 N–H and O–H groups in total. The van der Waals surface area contributed by atoms with E-state index in [4.69, 9.17) is 20.3 Å². The third-order valence-corrected chi connectivity index (χ3v) is 3.54. The maximum atomic E-state index is 13.3. The minimum atomic E-state index is -0.635. The summed E-state index contributed by atoms with van der Waals surface area (Å²) >= 11 is 0. The highest BCUT2D eigenvalue weighted by Gasteiger charge is 2.14. The van der Waals surface area contributed by atoms with Crippen LogP contribution in [0.4, 0.5) is 10.2 Å². The molecule has 1 amide bonds. The fourth-order valence-electron chi connectivity index (χ4n) is 2.29. The van der Waals surface area contributed by atoms with E-state index in [2.05, 4.69) is 15.3 Å². The first-order valence-electron chi connectivity index (χ1n) is 7.92. The van der Waals surface area contributed by atoms with Crippen molar-refractivity contribution in [1.29, 1.82) is 10.8 Å². The highest BCUT2D eigenvalue weighted by Crippen LogP contribution is 2.21. The number of anilines is 1. The first kappa shape index (κ1) is 18.7. The Balaban J connectivity index is 1.93. The zero-order chi connectivity index (χ0) is 20.1. The Morgan fingerprint density at radius 2 is 2.11 bits per heavy atom. The summed E-state index contributed by atoms with van der Waals surface area (Å²) in [7, 11) is 1.45. The third kappa shape index (κ3) is 4.18. The summed E-state index contributed by atoms with van der Waals surface area (Å²) in [4.78, 5) is 20.4. The summed E-state index contributed by atoms with van der Waals surface area (Å²) in [5, 5.41) is 18.1. The summed E-state index contributed by atoms with van der Waals surface area (Å²) in [5.74, 6) is -0.452. The second-order valence-electron chi connectivity index (χ2n) is 5.43. The average molecular weight is 382 g/mol. The van der Waals surface area contributed by atoms with Gasteiger partial charge in [0.1, 0.15) is 28.6 Å². The van der Waals surface area contributed by atoms with Gasteiger partial charge in [-0.2, -0.15) is 4.98 Å². The second-order valence-corrected chi connectivity index (χ2v) is 5.43. The van der Waals surface area contributed by atoms with Crippen molar-refractivity contribution in [3.05, 3.63) is 65.8 Å². The zero-order valence-corrected chi connectivity index (χ0v) is 14.6. The molecule has 0 saturated heterocycles. The number of halogens is 1. The van der Waals surface area contributed by atoms with Crippen molar-refractivity contribution >= 4 is 18.1 Å². The Hall–Kier alpha value is -4.08. The van der Waals surface area contributed by atoms with Crippen LogP contribution in [0.25, 0.3) is 0 Å². The molecule has 28 heavy (non-hydrogen) atoms. The van der Waals surface area contributed by atoms with Gasteiger partial charge in [0.25, 0.3) is 5.91 Å². The molecule has 0 atom stereocenters. The quantitative estimate of drug-likeness (QED) is 0.446. The summed E-state index contributed by atoms with van der Waals surface area (Å²) in [6, 6.07) is 7.26. The Morgan fingerprint density at radius 3 is 2.82 bits per heavy atom. The number of hydrogen-bond acceptors (Lipinski definition) is 7. The predicted molar refractivity (Wildman–Crippen MR) is 97.5 cm³/mol. The highest BCUT2D eigenvalue weighted by atomic mass is 19.1. The van der Waals surface area contributed by atoms with Crippen molar-refractivity contribution in [2.45, 2.75) is 0 Å². The maximum Gasteiger partial charge on any atom is 0.260 e. The van der Waals surface area contributed by atoms with Crippen LogP contribution in [0.1, 0.15) is 10.4 Å². The van der Waals surface area contributed by atoms with Gasteiger partial charge >= 0.3 is 0 Å². The fraction of sp³-hybridized carbons (Fsp3) is 0.0556. The number of aromatic nitrogens is 3. The predicted octanol–water partition coefficient (Wildman–Crippen LogP) is 2.41. The van der Waals surface area contributed by atoms with Gasteiger partial charge in [0.05, 0.1) is 37.6 Å². The SMILES string of the molecule is COc1cccc(NC(=O)c2cc(Oc3cncc(F)c3)cn(C=N)c2=N)n1. The van der Waals surface area contributed by atoms with Gasteiger partial charge in [-0.05, 0) is 12.1 Å². The molecular formula is C18H15FN6O3. The lowest BCUT2D eigenvalue weighted by molar-refractivity contribution is 0.102. The molecule has 9 nitrogen and oxygen atoms in total. The van der Waals surface area contributed by atoms with Crippen LogP contribution in [-0.2, 0) is 0 Å². The molecule has 0 saturated carbocycles. The molecule has 0 aliphatic heterocycles. The number of nitrogens with zero attached hydrogens (tertiary/aromatic N) is 3. The van der Waals surface area contributed by atoms with E-state index in [0.29, 0.717) is 5.88 Å². The number of pyridine rings is 3. The molecule has 0 aliphatic carbocycles. The minimum Gasteiger partial charge on any atom is -0.481 e. The van der Waals surface area contributed by atoms with Gasteiger partial charge in [0.15, 0.2) is 0 Å². The number of ether oxygens (including phenoxy) is 2. The molecule has 3 aromatic heterocycles. The van der Waals surface area contributed by atoms with E-state index in [9.17, 15) is 9.18 Å². The Morgan fingerprint density at radius 1 is 1.29 bits per heavy atom. The van der Waals surface area contributed by atoms with E-state index in [-0.39, 0.29) is 28.4 Å². The lowest BCUT2D eigenvalue weighted by Gasteiger charge is -2.11. The third-order valence-electron chi connectivity index (χ3n) is 3.54. The van der Waals surface area contributed by atoms with Gasteiger partial charge in [-0.15, -0.1) is 0 Å². The molecule has 142 valence electrons. The van der Waals surface area contributed by atoms with Crippen LogP contribution in [-0.4, -0.2) is 33.9 Å². The maximum absolute atomic E-state index is 13.3. The molecule has 3 heterocycles. The molecule has 0 unspecified atom stereocenters. The molecule has 0 fully saturated rings. The first-order chi connectivity index (χ1) is 13.5. The van der Waals surface area contributed by atoms with E-state index in [1.807, 2.05) is 0 Å². The first-order valence-corrected chi connectivity index (χ1v) is 7.92. The number of hydrogen-bond donors (Lipinski definition) is 3. The summed E-state index contributed by atoms with van der Waals surface area (Å²) in [5.41, 5.74) is -0.310. The smallest absolute Gasteiger partial charge is 0.260 e. The number of amides is 1. The lowest BCUT2D eigenvalue weighted by Crippen LogP contribution is -2.29. The molecule has 0 aromatic carbocycles. The van der Waals surface area contributed by atoms with Gasteiger partial charge in [0.2, 0.25) is 5.88 Å². The number of methoxy groups -OCH3 is 1. The van der Waals surface area contributed by atoms with Crippen molar-refractivity contribution in [3.63, 3.8) is 0 Å². The Bertz CT molecular complexity index is 1100. The molecular weight excluding hydrogens is 367 g/mol. The number of carbonyl (C=O) groups is 1. The zero-order valence-electron chi connectivity index (χ0n) is 14.6. The molecule has 0 aliphatic rings. The fourth-order valence-corrected chi connectivity index (χ4v) is 2.29. The van der Waals surface area contributed by atoms with Crippen molar-refractivity contribution < 1.29 is 18.7 Å². The van der Waals surface area contributed by atoms with E-state index >= 15 is 0 Å². The van der Waals surface area contributed by atoms with Crippen LogP contribution in [0.3, 0.4) is 0 Å². The van der Waals surface area contributed by atoms with Crippen LogP contribution >= 0.6 is 0 Å². The van der Waals surface area contributed by atoms with E-state index < -0.39 is 11.7 Å². The van der Waals surface area contributed by atoms with Crippen LogP contribution in [0.15, 0.2) is 48.9 Å². The summed E-state index contributed by atoms with van der Waals surface area (Å²) in [6.45, 7) is 0. The minimum absolute atomic E-state index is 0.0741. The number of carbonyl (C=O) groups excluding carboxylic acids is 1. The van der Waals surface area contributed by atoms with Gasteiger partial charge in [-0.3, -0.25) is 25.2 Å². The molecule has 3 rings (SSSR count). The van der Waals surface area contributed by atoms with Crippen molar-refractivity contribution in [2.75, 3.05) is 12.4 Å². The summed E-state index contributed by atoms with van der Waals surface area (Å²) < 4.78 is 24.9. The standard InChI is InChI=1S/C18H15FN6O3/c1-27-16-4-2-3-15(23-16)24-18(26)14-6-13(9-25(10-20)17(14)21)28-12-5-11(19)7-22-8-12/h2-10,20-21H,1H3,(H,23,24,26). The van der Waals surface area contributed by atoms with Crippen molar-refractivity contribution in [1.82, 2.24) is 14.5 Å². The van der Waals surface area contributed by atoms with Crippen molar-refractivity contribution in [3.8, 4) is 17.4 Å². The Kier molecular flexibility index (Phi) is 5.40. The van der Waals surface area contributed by atoms with Crippen LogP contribution in [0.5, 0.6) is 17.4 Å². The topological polar surface area (TPSA) is 126 Å². The normalized spacial score (nSPS) is 10.2. The molecule has 0 bridgehead atoms. The van der Waals surface area contributed by atoms with E-state index in [0.717, 1.165) is 23.2 Å². The molecule has 3 aromatic rings. The lowest BCUT2D eigenvalue weighted by atomic mass is 10.2. The van der Waals surface area contributed by atoms with Crippen LogP contribution in [0.2, 0.25) is 0 Å². The van der Waals surface area contributed by atoms with Gasteiger partial charge < -0.3 is 14.8 Å². The van der Waals surface area contributed by atoms with E-state index in [1.54, 1.807) is 18.2 Å². The number of nitrogens with one attached hydrogen (secondary N) is 3. The molecule has 0 radical (unpaired) electrons. The van der Waals surface area contributed by atoms with Crippen LogP contribution in [0, 0.1) is 16.6 Å². The molecule has 0 spiro atoms. The highest BCUT2D eigenvalue weighted by molar-refractivity contribution is 6.03. The van der Waals surface area contributed by atoms with Gasteiger partial charge in [-0.1, -0.05) is 6.07 Å². The molecule has 10 heteroatoms.